The van der Waals surface area contributed by atoms with Crippen LogP contribution in [0.15, 0.2) is 70.7 Å². The molecular formula is C28H25BrClNO5. The summed E-state index contributed by atoms with van der Waals surface area (Å²) in [5.74, 6) is -1.77. The Morgan fingerprint density at radius 1 is 1.03 bits per heavy atom. The highest BCUT2D eigenvalue weighted by Gasteiger charge is 2.47. The molecule has 1 heterocycles. The lowest BCUT2D eigenvalue weighted by molar-refractivity contribution is -0.132. The number of aliphatic hydroxyl groups is 1. The van der Waals surface area contributed by atoms with E-state index in [4.69, 9.17) is 16.3 Å². The van der Waals surface area contributed by atoms with Gasteiger partial charge in [-0.3, -0.25) is 14.5 Å². The molecule has 0 radical (unpaired) electrons. The van der Waals surface area contributed by atoms with Crippen LogP contribution >= 0.6 is 27.5 Å². The number of aliphatic hydroxyl groups excluding tert-OH is 1. The number of nitrogens with zero attached hydrogens (tertiary/aromatic N) is 1. The van der Waals surface area contributed by atoms with Crippen molar-refractivity contribution >= 4 is 50.7 Å². The third-order valence-corrected chi connectivity index (χ3v) is 7.01. The van der Waals surface area contributed by atoms with Gasteiger partial charge in [-0.15, -0.1) is 0 Å². The van der Waals surface area contributed by atoms with Crippen LogP contribution in [0.4, 0.5) is 5.69 Å². The maximum atomic E-state index is 13.4. The maximum absolute atomic E-state index is 13.4. The summed E-state index contributed by atoms with van der Waals surface area (Å²) < 4.78 is 5.83. The van der Waals surface area contributed by atoms with Crippen LogP contribution in [-0.2, 0) is 15.0 Å². The van der Waals surface area contributed by atoms with Crippen molar-refractivity contribution in [2.24, 2.45) is 0 Å². The second kappa shape index (κ2) is 9.64. The molecule has 0 bridgehead atoms. The van der Waals surface area contributed by atoms with E-state index in [1.54, 1.807) is 18.2 Å². The van der Waals surface area contributed by atoms with Gasteiger partial charge in [-0.1, -0.05) is 56.6 Å². The number of hydrogen-bond acceptors (Lipinski definition) is 5. The Hall–Kier alpha value is -3.29. The number of halogens is 2. The van der Waals surface area contributed by atoms with Crippen molar-refractivity contribution in [3.63, 3.8) is 0 Å². The zero-order chi connectivity index (χ0) is 26.4. The monoisotopic (exact) mass is 569 g/mol. The first-order chi connectivity index (χ1) is 16.9. The minimum absolute atomic E-state index is 0.0736. The topological polar surface area (TPSA) is 87.1 Å². The van der Waals surface area contributed by atoms with Crippen LogP contribution in [0.2, 0.25) is 5.02 Å². The van der Waals surface area contributed by atoms with Crippen molar-refractivity contribution in [3.8, 4) is 11.5 Å². The molecule has 8 heteroatoms. The Morgan fingerprint density at radius 3 is 2.28 bits per heavy atom. The van der Waals surface area contributed by atoms with Gasteiger partial charge in [0, 0.05) is 10.6 Å². The molecule has 3 aromatic carbocycles. The maximum Gasteiger partial charge on any atom is 0.300 e. The smallest absolute Gasteiger partial charge is 0.300 e. The Balaban J connectivity index is 1.96. The van der Waals surface area contributed by atoms with Crippen molar-refractivity contribution in [2.45, 2.75) is 32.2 Å². The molecule has 2 N–H and O–H groups in total. The first-order valence-corrected chi connectivity index (χ1v) is 12.3. The van der Waals surface area contributed by atoms with E-state index in [9.17, 15) is 19.8 Å². The van der Waals surface area contributed by atoms with Crippen LogP contribution in [0.5, 0.6) is 11.5 Å². The van der Waals surface area contributed by atoms with Gasteiger partial charge < -0.3 is 14.9 Å². The molecule has 4 rings (SSSR count). The predicted octanol–water partition coefficient (Wildman–Crippen LogP) is 6.74. The molecule has 1 unspecified atom stereocenters. The molecular weight excluding hydrogens is 546 g/mol. The number of carbonyl (C=O) groups excluding carboxylic acids is 2. The quantitative estimate of drug-likeness (QED) is 0.206. The third-order valence-electron chi connectivity index (χ3n) is 6.16. The van der Waals surface area contributed by atoms with Crippen LogP contribution in [0.1, 0.15) is 43.5 Å². The van der Waals surface area contributed by atoms with Crippen LogP contribution in [0.3, 0.4) is 0 Å². The molecule has 0 spiro atoms. The van der Waals surface area contributed by atoms with Gasteiger partial charge in [0.05, 0.1) is 28.9 Å². The van der Waals surface area contributed by atoms with Gasteiger partial charge in [-0.05, 0) is 68.9 Å². The Morgan fingerprint density at radius 2 is 1.69 bits per heavy atom. The van der Waals surface area contributed by atoms with Crippen molar-refractivity contribution in [3.05, 3.63) is 92.4 Å². The van der Waals surface area contributed by atoms with Gasteiger partial charge in [0.2, 0.25) is 0 Å². The molecule has 1 aliphatic rings. The van der Waals surface area contributed by atoms with Crippen LogP contribution in [0, 0.1) is 0 Å². The minimum atomic E-state index is -0.996. The van der Waals surface area contributed by atoms with Crippen molar-refractivity contribution in [2.75, 3.05) is 12.0 Å². The van der Waals surface area contributed by atoms with Gasteiger partial charge in [0.1, 0.15) is 17.3 Å². The standard InChI is InChI=1S/C28H25BrClNO5/c1-28(2,3)17-8-5-15(6-9-17)24-23(25(33)16-7-12-22(36-4)19(29)13-16)26(34)27(35)31(24)20-14-18(30)10-11-21(20)32/h5-14,24,32-33H,1-4H3/b25-23+. The molecule has 36 heavy (non-hydrogen) atoms. The molecule has 1 fully saturated rings. The number of anilines is 1. The average molecular weight is 571 g/mol. The number of aromatic hydroxyl groups is 1. The van der Waals surface area contributed by atoms with E-state index >= 15 is 0 Å². The molecule has 0 saturated carbocycles. The fraction of sp³-hybridized carbons (Fsp3) is 0.214. The molecule has 0 aromatic heterocycles. The Bertz CT molecular complexity index is 1390. The summed E-state index contributed by atoms with van der Waals surface area (Å²) in [7, 11) is 1.52. The second-order valence-corrected chi connectivity index (χ2v) is 10.8. The summed E-state index contributed by atoms with van der Waals surface area (Å²) in [6.45, 7) is 6.25. The van der Waals surface area contributed by atoms with Crippen molar-refractivity contribution < 1.29 is 24.5 Å². The number of rotatable bonds is 4. The first-order valence-electron chi connectivity index (χ1n) is 11.2. The predicted molar refractivity (Wildman–Crippen MR) is 144 cm³/mol. The van der Waals surface area contributed by atoms with Gasteiger partial charge in [0.15, 0.2) is 0 Å². The van der Waals surface area contributed by atoms with Crippen LogP contribution in [-0.4, -0.2) is 29.0 Å². The summed E-state index contributed by atoms with van der Waals surface area (Å²) in [6.07, 6.45) is 0. The fourth-order valence-corrected chi connectivity index (χ4v) is 4.93. The van der Waals surface area contributed by atoms with E-state index in [0.717, 1.165) is 5.56 Å². The second-order valence-electron chi connectivity index (χ2n) is 9.52. The third kappa shape index (κ3) is 4.61. The molecule has 1 atom stereocenters. The summed E-state index contributed by atoms with van der Waals surface area (Å²) in [4.78, 5) is 27.9. The summed E-state index contributed by atoms with van der Waals surface area (Å²) in [5, 5.41) is 22.2. The highest BCUT2D eigenvalue weighted by Crippen LogP contribution is 2.46. The van der Waals surface area contributed by atoms with Crippen LogP contribution < -0.4 is 9.64 Å². The molecule has 1 amide bonds. The average Bonchev–Trinajstić information content (AvgIpc) is 3.10. The highest BCUT2D eigenvalue weighted by atomic mass is 79.9. The van der Waals surface area contributed by atoms with E-state index in [0.29, 0.717) is 21.3 Å². The SMILES string of the molecule is COc1ccc(/C(O)=C2\C(=O)C(=O)N(c3cc(Cl)ccc3O)C2c2ccc(C(C)(C)C)cc2)cc1Br. The Labute approximate surface area is 222 Å². The zero-order valence-electron chi connectivity index (χ0n) is 20.2. The minimum Gasteiger partial charge on any atom is -0.507 e. The number of phenolic OH excluding ortho intramolecular Hbond substituents is 1. The van der Waals surface area contributed by atoms with Gasteiger partial charge in [0.25, 0.3) is 11.7 Å². The fourth-order valence-electron chi connectivity index (χ4n) is 4.22. The number of Topliss-reactive ketones (excluding diaryl/α,β-unsaturated/α-hetero) is 1. The first kappa shape index (κ1) is 25.8. The lowest BCUT2D eigenvalue weighted by Gasteiger charge is -2.27. The number of carbonyl (C=O) groups is 2. The van der Waals surface area contributed by atoms with E-state index < -0.39 is 17.7 Å². The van der Waals surface area contributed by atoms with Gasteiger partial charge in [-0.2, -0.15) is 0 Å². The van der Waals surface area contributed by atoms with E-state index in [1.807, 2.05) is 24.3 Å². The number of ether oxygens (including phenoxy) is 1. The van der Waals surface area contributed by atoms with Crippen LogP contribution in [0.25, 0.3) is 5.76 Å². The van der Waals surface area contributed by atoms with E-state index in [2.05, 4.69) is 36.7 Å². The van der Waals surface area contributed by atoms with Gasteiger partial charge >= 0.3 is 0 Å². The number of methoxy groups -OCH3 is 1. The number of phenols is 1. The molecule has 1 saturated heterocycles. The molecule has 186 valence electrons. The van der Waals surface area contributed by atoms with Gasteiger partial charge in [-0.25, -0.2) is 0 Å². The van der Waals surface area contributed by atoms with E-state index in [-0.39, 0.29) is 33.2 Å². The van der Waals surface area contributed by atoms with E-state index in [1.165, 1.54) is 30.2 Å². The summed E-state index contributed by atoms with van der Waals surface area (Å²) in [5.41, 5.74) is 1.85. The number of amides is 1. The van der Waals surface area contributed by atoms with Crippen molar-refractivity contribution in [1.82, 2.24) is 0 Å². The lowest BCUT2D eigenvalue weighted by atomic mass is 9.85. The largest absolute Gasteiger partial charge is 0.507 e. The Kier molecular flexibility index (Phi) is 6.90. The molecule has 6 nitrogen and oxygen atoms in total. The van der Waals surface area contributed by atoms with Crippen molar-refractivity contribution in [1.29, 1.82) is 0 Å². The highest BCUT2D eigenvalue weighted by molar-refractivity contribution is 9.10. The summed E-state index contributed by atoms with van der Waals surface area (Å²) >= 11 is 9.57. The molecule has 0 aliphatic carbocycles. The number of benzene rings is 3. The zero-order valence-corrected chi connectivity index (χ0v) is 22.5. The number of ketones is 1. The lowest BCUT2D eigenvalue weighted by Crippen LogP contribution is -2.29. The normalized spacial score (nSPS) is 17.5. The molecule has 3 aromatic rings. The molecule has 1 aliphatic heterocycles. The number of hydrogen-bond donors (Lipinski definition) is 2. The summed E-state index contributed by atoms with van der Waals surface area (Å²) in [6, 6.07) is 15.6.